The van der Waals surface area contributed by atoms with Crippen molar-refractivity contribution in [1.82, 2.24) is 33.0 Å². The molecule has 0 aliphatic heterocycles. The third kappa shape index (κ3) is 60.1. The number of rotatable bonds is 21. The zero-order chi connectivity index (χ0) is 80.2. The van der Waals surface area contributed by atoms with Crippen LogP contribution in [-0.4, -0.2) is 170 Å². The summed E-state index contributed by atoms with van der Waals surface area (Å²) < 4.78 is 563. The highest BCUT2D eigenvalue weighted by Crippen LogP contribution is 2.39. The molecule has 0 amide bonds. The van der Waals surface area contributed by atoms with Gasteiger partial charge in [-0.2, -0.15) is 124 Å². The van der Waals surface area contributed by atoms with E-state index in [0.29, 0.717) is 14.5 Å². The summed E-state index contributed by atoms with van der Waals surface area (Å²) in [5, 5.41) is -6.14. The quantitative estimate of drug-likeness (QED) is 0.0459. The van der Waals surface area contributed by atoms with Crippen molar-refractivity contribution >= 4 is 164 Å². The maximum absolute atomic E-state index is 12.9. The Hall–Kier alpha value is -4.41. The van der Waals surface area contributed by atoms with Gasteiger partial charge in [-0.25, -0.2) is 63.3 Å². The monoisotopic (exact) mass is 1800 g/mol. The summed E-state index contributed by atoms with van der Waals surface area (Å²) in [4.78, 5) is -1.26. The summed E-state index contributed by atoms with van der Waals surface area (Å²) >= 11 is 0. The van der Waals surface area contributed by atoms with E-state index in [1.807, 2.05) is 0 Å². The van der Waals surface area contributed by atoms with Crippen molar-refractivity contribution in [3.8, 4) is 0 Å². The maximum atomic E-state index is 12.9. The van der Waals surface area contributed by atoms with Gasteiger partial charge in [-0.15, -0.1) is 0 Å². The lowest BCUT2D eigenvalue weighted by atomic mass is 10.4. The minimum Gasteiger partial charge on any atom is -0.212 e. The summed E-state index contributed by atoms with van der Waals surface area (Å²) in [6.07, 6.45) is -11.2. The first-order valence-electron chi connectivity index (χ1n) is 18.8. The molecule has 0 aliphatic rings. The molecule has 580 valence electrons. The van der Waals surface area contributed by atoms with Gasteiger partial charge in [-0.05, 0) is 24.3 Å². The largest absolute Gasteiger partial charge is 0.512 e. The summed E-state index contributed by atoms with van der Waals surface area (Å²) in [7, 11) is -85.3. The maximum Gasteiger partial charge on any atom is 0.512 e. The fourth-order valence-corrected chi connectivity index (χ4v) is 15.8. The van der Waals surface area contributed by atoms with Gasteiger partial charge in [-0.3, -0.25) is 0 Å². The topological polar surface area (TPSA) is 642 Å². The molecule has 2 aromatic rings. The first kappa shape index (κ1) is 104. The van der Waals surface area contributed by atoms with Crippen LogP contribution in [0.2, 0.25) is 0 Å². The van der Waals surface area contributed by atoms with Crippen molar-refractivity contribution in [3.63, 3.8) is 0 Å². The fourth-order valence-electron chi connectivity index (χ4n) is 3.00. The summed E-state index contributed by atoms with van der Waals surface area (Å²) in [6, 6.07) is 10.6. The van der Waals surface area contributed by atoms with E-state index in [-0.39, 0.29) is 22.7 Å². The Kier molecular flexibility index (Phi) is 38.9. The van der Waals surface area contributed by atoms with E-state index in [2.05, 4.69) is 6.58 Å². The first-order valence-corrected chi connectivity index (χ1v) is 42.2. The minimum absolute atomic E-state index is 0.0694. The van der Waals surface area contributed by atoms with Crippen molar-refractivity contribution in [1.29, 1.82) is 0 Å². The van der Waals surface area contributed by atoms with Gasteiger partial charge in [0.2, 0.25) is 30.1 Å². The lowest BCUT2D eigenvalue weighted by Gasteiger charge is -2.18. The number of hydrogen-bond acceptors (Lipinski definition) is 32. The van der Waals surface area contributed by atoms with Gasteiger partial charge in [0.1, 0.15) is 10.7 Å². The van der Waals surface area contributed by atoms with E-state index in [4.69, 9.17) is 0 Å². The van der Waals surface area contributed by atoms with Gasteiger partial charge in [0.05, 0.1) is 11.2 Å². The molecule has 2 rings (SSSR count). The number of nitrogens with one attached hydrogen (secondary N) is 8. The standard InChI is InChI=1S/C6H5F2NO4S2.C6H6FNO4S2.C2HF6NO4S2.C2H3F4NO4S2.C2H4FNO4S2.CHF4NO4S2.CH4FNO4S2.F2HNO4S2/c7-5-3-1-2-4-6(5)14(10,11)9-15(8,12)13;7-14(11,12)8-13(9,10)6-4-2-1-3-5-6;3-1(4,5)2(6,7)14(10,11)9-15(8,12)13;3-2(4,5)1-12(8,9)7-13(6,10)11;1-2-9(5,6)4-10(3,7)8;2-1(3,4)11(7,8)6-12(5,9)10;2*1-8(4,5)3-9(2,6)7/h1-4,9H;1-5,8H;9H;7H,1H2;2,4H,1H2;6H;3H,1H3;3H. The smallest absolute Gasteiger partial charge is 0.212 e. The molecule has 0 heterocycles. The minimum atomic E-state index is -6.75. The van der Waals surface area contributed by atoms with Crippen molar-refractivity contribution < 1.29 is 222 Å². The molecule has 0 spiro atoms. The molecule has 40 nitrogen and oxygen atoms in total. The van der Waals surface area contributed by atoms with Gasteiger partial charge in [0.25, 0.3) is 20.0 Å². The molecule has 0 unspecified atom stereocenters. The number of alkyl halides is 11. The number of hydrogen-bond donors (Lipinski definition) is 8. The van der Waals surface area contributed by atoms with Crippen molar-refractivity contribution in [2.45, 2.75) is 32.9 Å². The van der Waals surface area contributed by atoms with Gasteiger partial charge in [-0.1, -0.05) is 105 Å². The van der Waals surface area contributed by atoms with Crippen molar-refractivity contribution in [2.75, 3.05) is 12.0 Å². The molecule has 97 heavy (non-hydrogen) atoms. The fraction of sp³-hybridized carbons (Fsp3) is 0.300. The highest BCUT2D eigenvalue weighted by atomic mass is 32.3. The molecule has 77 heteroatoms. The van der Waals surface area contributed by atoms with Crippen LogP contribution < -0.4 is 33.0 Å². The van der Waals surface area contributed by atoms with E-state index in [1.165, 1.54) is 24.3 Å². The molecule has 0 atom stereocenters. The Morgan fingerprint density at radius 2 is 0.649 bits per heavy atom. The Bertz CT molecular complexity index is 4850. The second-order valence-electron chi connectivity index (χ2n) is 13.7. The van der Waals surface area contributed by atoms with Crippen molar-refractivity contribution in [3.05, 3.63) is 72.4 Å². The highest BCUT2D eigenvalue weighted by molar-refractivity contribution is 8.05. The zero-order valence-corrected chi connectivity index (χ0v) is 56.3. The van der Waals surface area contributed by atoms with Gasteiger partial charge >= 0.3 is 137 Å². The predicted molar refractivity (Wildman–Crippen MR) is 271 cm³/mol. The highest BCUT2D eigenvalue weighted by Gasteiger charge is 2.68. The normalized spacial score (nSPS) is 13.8. The molecule has 0 aliphatic carbocycles. The third-order valence-corrected chi connectivity index (χ3v) is 23.8. The molecule has 0 radical (unpaired) electrons. The molecule has 0 bridgehead atoms. The van der Waals surface area contributed by atoms with Crippen LogP contribution in [0.5, 0.6) is 0 Å². The van der Waals surface area contributed by atoms with E-state index in [0.717, 1.165) is 32.5 Å². The average molecular weight is 1800 g/mol. The Morgan fingerprint density at radius 1 is 0.361 bits per heavy atom. The number of halogens is 21. The molecular weight excluding hydrogens is 1780 g/mol. The third-order valence-electron chi connectivity index (χ3n) is 5.45. The summed E-state index contributed by atoms with van der Waals surface area (Å²) in [6.45, 7) is 2.73. The molecular formula is C20H25F21N8O32S16. The number of benzene rings is 2. The molecule has 8 N–H and O–H groups in total. The van der Waals surface area contributed by atoms with Crippen LogP contribution in [-0.2, 0) is 164 Å². The molecule has 0 saturated heterocycles. The Labute approximate surface area is 532 Å². The second-order valence-corrected chi connectivity index (χ2v) is 37.3. The average Bonchev–Trinajstić information content (AvgIpc) is 0.779. The SMILES string of the molecule is C=CS(=O)(=O)NS(=O)(=O)F.CS(=O)(=O)NS(=O)(=O)F.O=S(=O)(F)NS(=O)(=O)C(F)(F)C(F)(F)F.O=S(=O)(F)NS(=O)(=O)C(F)(F)F.O=S(=O)(F)NS(=O)(=O)CC(F)(F)F.O=S(=O)(F)NS(=O)(=O)F.O=S(=O)(F)NS(=O)(=O)c1ccccc1.O=S(=O)(F)NS(=O)(=O)c1ccccc1F. The van der Waals surface area contributed by atoms with Crippen LogP contribution in [0.15, 0.2) is 76.4 Å². The number of sulfonamides is 7. The Balaban J connectivity index is -0.000000246. The van der Waals surface area contributed by atoms with E-state index in [1.54, 1.807) is 6.07 Å². The Morgan fingerprint density at radius 3 is 0.866 bits per heavy atom. The van der Waals surface area contributed by atoms with Crippen LogP contribution in [0, 0.1) is 5.82 Å². The zero-order valence-electron chi connectivity index (χ0n) is 43.2. The van der Waals surface area contributed by atoms with Crippen molar-refractivity contribution in [2.24, 2.45) is 0 Å². The lowest BCUT2D eigenvalue weighted by molar-refractivity contribution is -0.241. The lowest BCUT2D eigenvalue weighted by Crippen LogP contribution is -2.50. The van der Waals surface area contributed by atoms with Gasteiger partial charge < -0.3 is 0 Å². The first-order chi connectivity index (χ1) is 41.3. The predicted octanol–water partition coefficient (Wildman–Crippen LogP) is -2.89. The van der Waals surface area contributed by atoms with Crippen LogP contribution >= 0.6 is 0 Å². The van der Waals surface area contributed by atoms with Crippen LogP contribution in [0.4, 0.5) is 87.7 Å². The van der Waals surface area contributed by atoms with E-state index in [9.17, 15) is 222 Å². The van der Waals surface area contributed by atoms with E-state index < -0.39 is 208 Å². The van der Waals surface area contributed by atoms with Crippen LogP contribution in [0.25, 0.3) is 0 Å². The molecule has 0 fully saturated rings. The molecule has 0 aromatic heterocycles. The molecule has 2 aromatic carbocycles. The summed E-state index contributed by atoms with van der Waals surface area (Å²) in [5.41, 5.74) is -5.86. The van der Waals surface area contributed by atoms with Crippen LogP contribution in [0.3, 0.4) is 0 Å². The molecule has 0 saturated carbocycles. The second kappa shape index (κ2) is 36.5. The summed E-state index contributed by atoms with van der Waals surface area (Å²) in [5.74, 6) is -3.63. The van der Waals surface area contributed by atoms with Gasteiger partial charge in [0.15, 0.2) is 5.75 Å². The van der Waals surface area contributed by atoms with Crippen LogP contribution in [0.1, 0.15) is 0 Å². The van der Waals surface area contributed by atoms with E-state index >= 15 is 0 Å². The van der Waals surface area contributed by atoms with Gasteiger partial charge in [0, 0.05) is 5.41 Å².